The van der Waals surface area contributed by atoms with E-state index in [1.165, 1.54) is 24.2 Å². The highest BCUT2D eigenvalue weighted by Crippen LogP contribution is 2.20. The molecule has 0 N–H and O–H groups in total. The van der Waals surface area contributed by atoms with Crippen molar-refractivity contribution < 1.29 is 0 Å². The lowest BCUT2D eigenvalue weighted by molar-refractivity contribution is 0.251. The highest BCUT2D eigenvalue weighted by Gasteiger charge is 2.18. The van der Waals surface area contributed by atoms with Crippen LogP contribution >= 0.6 is 0 Å². The molecule has 0 radical (unpaired) electrons. The molecule has 0 amide bonds. The molecule has 2 aromatic heterocycles. The van der Waals surface area contributed by atoms with E-state index in [0.717, 1.165) is 50.8 Å². The number of piperazine rings is 1. The minimum atomic E-state index is 0.443. The maximum atomic E-state index is 4.87. The number of rotatable bonds is 8. The van der Waals surface area contributed by atoms with Crippen molar-refractivity contribution in [1.82, 2.24) is 24.6 Å². The smallest absolute Gasteiger partial charge is 0.225 e. The number of hydrogen-bond acceptors (Lipinski definition) is 5. The van der Waals surface area contributed by atoms with Crippen molar-refractivity contribution in [3.63, 3.8) is 0 Å². The number of aryl methyl sites for hydroxylation is 1. The largest absolute Gasteiger partial charge is 0.338 e. The number of hydrogen-bond donors (Lipinski definition) is 0. The summed E-state index contributed by atoms with van der Waals surface area (Å²) in [5.74, 6) is 1.30. The Morgan fingerprint density at radius 2 is 1.63 bits per heavy atom. The van der Waals surface area contributed by atoms with E-state index < -0.39 is 0 Å². The Balaban J connectivity index is 1.27. The van der Waals surface area contributed by atoms with E-state index in [2.05, 4.69) is 74.7 Å². The molecule has 1 aliphatic heterocycles. The summed E-state index contributed by atoms with van der Waals surface area (Å²) < 4.78 is 2.13. The average Bonchev–Trinajstić information content (AvgIpc) is 3.23. The first kappa shape index (κ1) is 20.5. The van der Waals surface area contributed by atoms with Crippen LogP contribution in [0.1, 0.15) is 44.0 Å². The highest BCUT2D eigenvalue weighted by molar-refractivity contribution is 5.34. The lowest BCUT2D eigenvalue weighted by Gasteiger charge is -2.34. The van der Waals surface area contributed by atoms with Crippen LogP contribution < -0.4 is 4.90 Å². The van der Waals surface area contributed by atoms with Crippen LogP contribution in [-0.2, 0) is 6.42 Å². The van der Waals surface area contributed by atoms with Crippen molar-refractivity contribution in [1.29, 1.82) is 0 Å². The van der Waals surface area contributed by atoms with Crippen LogP contribution in [0.15, 0.2) is 54.9 Å². The van der Waals surface area contributed by atoms with Crippen LogP contribution in [0.5, 0.6) is 0 Å². The Hall–Kier alpha value is -2.73. The van der Waals surface area contributed by atoms with Crippen molar-refractivity contribution in [2.75, 3.05) is 37.6 Å². The number of nitrogens with zero attached hydrogens (tertiary/aromatic N) is 6. The van der Waals surface area contributed by atoms with Crippen LogP contribution in [0.25, 0.3) is 5.69 Å². The first-order valence-corrected chi connectivity index (χ1v) is 11.1. The molecule has 3 aromatic rings. The predicted molar refractivity (Wildman–Crippen MR) is 121 cm³/mol. The molecular formula is C24H32N6. The van der Waals surface area contributed by atoms with Gasteiger partial charge in [0.1, 0.15) is 0 Å². The van der Waals surface area contributed by atoms with E-state index in [9.17, 15) is 0 Å². The lowest BCUT2D eigenvalue weighted by Crippen LogP contribution is -2.47. The number of benzene rings is 1. The van der Waals surface area contributed by atoms with Crippen molar-refractivity contribution in [2.24, 2.45) is 0 Å². The fourth-order valence-corrected chi connectivity index (χ4v) is 3.96. The summed E-state index contributed by atoms with van der Waals surface area (Å²) >= 11 is 0. The second-order valence-electron chi connectivity index (χ2n) is 8.30. The molecule has 30 heavy (non-hydrogen) atoms. The van der Waals surface area contributed by atoms with Gasteiger partial charge >= 0.3 is 0 Å². The predicted octanol–water partition coefficient (Wildman–Crippen LogP) is 3.93. The number of aromatic nitrogens is 4. The fourth-order valence-electron chi connectivity index (χ4n) is 3.96. The third-order valence-corrected chi connectivity index (χ3v) is 5.76. The second-order valence-corrected chi connectivity index (χ2v) is 8.30. The van der Waals surface area contributed by atoms with E-state index in [1.807, 2.05) is 18.5 Å². The third kappa shape index (κ3) is 5.05. The van der Waals surface area contributed by atoms with Gasteiger partial charge in [0.05, 0.1) is 11.4 Å². The van der Waals surface area contributed by atoms with Crippen LogP contribution in [0.2, 0.25) is 0 Å². The zero-order chi connectivity index (χ0) is 20.8. The summed E-state index contributed by atoms with van der Waals surface area (Å²) in [6.07, 6.45) is 7.09. The van der Waals surface area contributed by atoms with Gasteiger partial charge < -0.3 is 4.90 Å². The summed E-state index contributed by atoms with van der Waals surface area (Å²) in [6.45, 7) is 9.74. The molecular weight excluding hydrogens is 372 g/mol. The van der Waals surface area contributed by atoms with E-state index >= 15 is 0 Å². The molecule has 4 rings (SSSR count). The Morgan fingerprint density at radius 3 is 2.33 bits per heavy atom. The fraction of sp³-hybridized carbons (Fsp3) is 0.458. The van der Waals surface area contributed by atoms with Gasteiger partial charge in [-0.2, -0.15) is 5.10 Å². The minimum Gasteiger partial charge on any atom is -0.338 e. The summed E-state index contributed by atoms with van der Waals surface area (Å²) in [6, 6.07) is 14.6. The highest BCUT2D eigenvalue weighted by atomic mass is 15.3. The van der Waals surface area contributed by atoms with E-state index in [4.69, 9.17) is 5.10 Å². The maximum Gasteiger partial charge on any atom is 0.225 e. The lowest BCUT2D eigenvalue weighted by atomic mass is 10.1. The van der Waals surface area contributed by atoms with Gasteiger partial charge in [-0.25, -0.2) is 14.6 Å². The zero-order valence-corrected chi connectivity index (χ0v) is 18.1. The van der Waals surface area contributed by atoms with Gasteiger partial charge in [0, 0.05) is 44.3 Å². The Morgan fingerprint density at radius 1 is 0.900 bits per heavy atom. The van der Waals surface area contributed by atoms with E-state index in [1.54, 1.807) is 0 Å². The number of para-hydroxylation sites is 1. The Labute approximate surface area is 179 Å². The van der Waals surface area contributed by atoms with Crippen molar-refractivity contribution in [3.05, 3.63) is 66.2 Å². The SMILES string of the molecule is CC(C)c1cc(CCCCN2CCN(c3ncccn3)CC2)n(-c2ccccc2)n1. The number of unbranched alkanes of at least 4 members (excludes halogenated alkanes) is 1. The quantitative estimate of drug-likeness (QED) is 0.533. The zero-order valence-electron chi connectivity index (χ0n) is 18.1. The maximum absolute atomic E-state index is 4.87. The summed E-state index contributed by atoms with van der Waals surface area (Å²) in [5, 5.41) is 4.87. The van der Waals surface area contributed by atoms with Gasteiger partial charge in [-0.15, -0.1) is 0 Å². The normalized spacial score (nSPS) is 15.1. The standard InChI is InChI=1S/C24H32N6/c1-20(2)23-19-22(30(27-23)21-9-4-3-5-10-21)11-6-7-14-28-15-17-29(18-16-28)24-25-12-8-13-26-24/h3-5,8-10,12-13,19-20H,6-7,11,14-18H2,1-2H3. The minimum absolute atomic E-state index is 0.443. The summed E-state index contributed by atoms with van der Waals surface area (Å²) in [4.78, 5) is 13.6. The number of anilines is 1. The van der Waals surface area contributed by atoms with Gasteiger partial charge in [0.2, 0.25) is 5.95 Å². The Kier molecular flexibility index (Phi) is 6.74. The summed E-state index contributed by atoms with van der Waals surface area (Å²) in [7, 11) is 0. The molecule has 1 fully saturated rings. The van der Waals surface area contributed by atoms with Crippen LogP contribution in [0, 0.1) is 0 Å². The molecule has 6 nitrogen and oxygen atoms in total. The van der Waals surface area contributed by atoms with Crippen LogP contribution in [0.3, 0.4) is 0 Å². The van der Waals surface area contributed by atoms with Crippen LogP contribution in [-0.4, -0.2) is 57.4 Å². The van der Waals surface area contributed by atoms with Crippen molar-refractivity contribution in [2.45, 2.75) is 39.0 Å². The summed E-state index contributed by atoms with van der Waals surface area (Å²) in [5.41, 5.74) is 3.64. The molecule has 1 aliphatic rings. The van der Waals surface area contributed by atoms with Crippen LogP contribution in [0.4, 0.5) is 5.95 Å². The van der Waals surface area contributed by atoms with Gasteiger partial charge in [-0.3, -0.25) is 4.90 Å². The Bertz CT molecular complexity index is 898. The van der Waals surface area contributed by atoms with Gasteiger partial charge in [-0.1, -0.05) is 32.0 Å². The van der Waals surface area contributed by atoms with Gasteiger partial charge in [0.25, 0.3) is 0 Å². The van der Waals surface area contributed by atoms with Gasteiger partial charge in [-0.05, 0) is 56.0 Å². The molecule has 3 heterocycles. The molecule has 0 unspecified atom stereocenters. The molecule has 6 heteroatoms. The molecule has 158 valence electrons. The molecule has 0 bridgehead atoms. The monoisotopic (exact) mass is 404 g/mol. The first-order valence-electron chi connectivity index (χ1n) is 11.1. The molecule has 1 aromatic carbocycles. The third-order valence-electron chi connectivity index (χ3n) is 5.76. The van der Waals surface area contributed by atoms with Crippen molar-refractivity contribution >= 4 is 5.95 Å². The van der Waals surface area contributed by atoms with E-state index in [0.29, 0.717) is 5.92 Å². The molecule has 1 saturated heterocycles. The van der Waals surface area contributed by atoms with E-state index in [-0.39, 0.29) is 0 Å². The van der Waals surface area contributed by atoms with Gasteiger partial charge in [0.15, 0.2) is 0 Å². The molecule has 0 saturated carbocycles. The molecule has 0 atom stereocenters. The topological polar surface area (TPSA) is 50.1 Å². The molecule has 0 spiro atoms. The van der Waals surface area contributed by atoms with Crippen molar-refractivity contribution in [3.8, 4) is 5.69 Å². The molecule has 0 aliphatic carbocycles. The average molecular weight is 405 g/mol. The first-order chi connectivity index (χ1) is 14.7. The second kappa shape index (κ2) is 9.85.